The molecule has 2 aromatic rings. The van der Waals surface area contributed by atoms with E-state index in [9.17, 15) is 5.11 Å². The Bertz CT molecular complexity index is 789. The Morgan fingerprint density at radius 1 is 1.23 bits per heavy atom. The Labute approximate surface area is 179 Å². The Morgan fingerprint density at radius 3 is 2.70 bits per heavy atom. The number of aliphatic hydroxyl groups is 1. The standard InChI is InChI=1S/C22H35N5O3/c1-6-23-22(24-12-8-11-20-26-21(15(2)3)27-30-20)25-14-19(28)17-9-7-10-18(13-17)29-16(4)5/h7,9-10,13,15-16,19,28H,6,8,11-12,14H2,1-5H3,(H2,23,24,25). The minimum Gasteiger partial charge on any atom is -0.491 e. The zero-order chi connectivity index (χ0) is 21.9. The fourth-order valence-corrected chi connectivity index (χ4v) is 2.74. The number of aryl methyl sites for hydroxylation is 1. The molecule has 1 heterocycles. The minimum atomic E-state index is -0.705. The number of hydrogen-bond donors (Lipinski definition) is 3. The largest absolute Gasteiger partial charge is 0.491 e. The van der Waals surface area contributed by atoms with Crippen LogP contribution in [0.5, 0.6) is 5.75 Å². The van der Waals surface area contributed by atoms with Gasteiger partial charge in [0.05, 0.1) is 18.8 Å². The van der Waals surface area contributed by atoms with E-state index in [1.54, 1.807) is 0 Å². The minimum absolute atomic E-state index is 0.0871. The van der Waals surface area contributed by atoms with E-state index in [1.807, 2.05) is 58.9 Å². The van der Waals surface area contributed by atoms with Crippen LogP contribution in [-0.4, -0.2) is 46.9 Å². The van der Waals surface area contributed by atoms with Crippen molar-refractivity contribution >= 4 is 5.96 Å². The van der Waals surface area contributed by atoms with Crippen LogP contribution in [0.15, 0.2) is 33.8 Å². The number of benzene rings is 1. The van der Waals surface area contributed by atoms with Crippen molar-refractivity contribution in [2.75, 3.05) is 19.6 Å². The van der Waals surface area contributed by atoms with E-state index < -0.39 is 6.10 Å². The van der Waals surface area contributed by atoms with Crippen molar-refractivity contribution in [3.63, 3.8) is 0 Å². The summed E-state index contributed by atoms with van der Waals surface area (Å²) in [5.74, 6) is 3.07. The van der Waals surface area contributed by atoms with Gasteiger partial charge < -0.3 is 25.0 Å². The number of nitrogens with one attached hydrogen (secondary N) is 2. The molecule has 3 N–H and O–H groups in total. The summed E-state index contributed by atoms with van der Waals surface area (Å²) in [7, 11) is 0. The van der Waals surface area contributed by atoms with Crippen molar-refractivity contribution in [2.24, 2.45) is 4.99 Å². The molecule has 0 radical (unpaired) electrons. The Hall–Kier alpha value is -2.61. The van der Waals surface area contributed by atoms with Crippen LogP contribution in [0.25, 0.3) is 0 Å². The highest BCUT2D eigenvalue weighted by molar-refractivity contribution is 5.79. The first-order chi connectivity index (χ1) is 14.4. The number of aliphatic imine (C=N–C) groups is 1. The second-order valence-corrected chi connectivity index (χ2v) is 7.71. The maximum absolute atomic E-state index is 10.5. The first-order valence-corrected chi connectivity index (χ1v) is 10.7. The third-order valence-electron chi connectivity index (χ3n) is 4.24. The molecular formula is C22H35N5O3. The number of rotatable bonds is 11. The van der Waals surface area contributed by atoms with Crippen molar-refractivity contribution in [1.82, 2.24) is 20.8 Å². The average molecular weight is 418 g/mol. The molecule has 0 amide bonds. The van der Waals surface area contributed by atoms with Crippen LogP contribution in [0.2, 0.25) is 0 Å². The average Bonchev–Trinajstić information content (AvgIpc) is 3.18. The van der Waals surface area contributed by atoms with Gasteiger partial charge in [0.15, 0.2) is 11.8 Å². The van der Waals surface area contributed by atoms with E-state index in [-0.39, 0.29) is 18.6 Å². The molecule has 1 aromatic carbocycles. The normalized spacial score (nSPS) is 13.0. The molecule has 8 nitrogen and oxygen atoms in total. The van der Waals surface area contributed by atoms with Gasteiger partial charge in [0, 0.05) is 25.4 Å². The molecule has 0 spiro atoms. The highest BCUT2D eigenvalue weighted by Crippen LogP contribution is 2.20. The van der Waals surface area contributed by atoms with Gasteiger partial charge in [-0.15, -0.1) is 0 Å². The van der Waals surface area contributed by atoms with Gasteiger partial charge in [-0.1, -0.05) is 31.1 Å². The van der Waals surface area contributed by atoms with Gasteiger partial charge in [-0.25, -0.2) is 0 Å². The van der Waals surface area contributed by atoms with E-state index in [2.05, 4.69) is 25.8 Å². The summed E-state index contributed by atoms with van der Waals surface area (Å²) in [6.07, 6.45) is 0.923. The summed E-state index contributed by atoms with van der Waals surface area (Å²) >= 11 is 0. The third-order valence-corrected chi connectivity index (χ3v) is 4.24. The van der Waals surface area contributed by atoms with E-state index >= 15 is 0 Å². The number of aliphatic hydroxyl groups excluding tert-OH is 1. The molecule has 0 fully saturated rings. The predicted molar refractivity (Wildman–Crippen MR) is 118 cm³/mol. The molecule has 1 aromatic heterocycles. The lowest BCUT2D eigenvalue weighted by molar-refractivity contribution is 0.185. The Morgan fingerprint density at radius 2 is 2.03 bits per heavy atom. The molecule has 1 atom stereocenters. The lowest BCUT2D eigenvalue weighted by Gasteiger charge is -2.15. The summed E-state index contributed by atoms with van der Waals surface area (Å²) in [4.78, 5) is 8.89. The summed E-state index contributed by atoms with van der Waals surface area (Å²) in [5.41, 5.74) is 0.782. The van der Waals surface area contributed by atoms with E-state index in [0.717, 1.165) is 30.1 Å². The maximum atomic E-state index is 10.5. The zero-order valence-corrected chi connectivity index (χ0v) is 18.7. The Kier molecular flexibility index (Phi) is 9.60. The number of ether oxygens (including phenoxy) is 1. The van der Waals surface area contributed by atoms with Gasteiger partial charge >= 0.3 is 0 Å². The van der Waals surface area contributed by atoms with E-state index in [1.165, 1.54) is 0 Å². The lowest BCUT2D eigenvalue weighted by Crippen LogP contribution is -2.38. The molecule has 0 aliphatic heterocycles. The second kappa shape index (κ2) is 12.2. The van der Waals surface area contributed by atoms with Crippen molar-refractivity contribution in [2.45, 2.75) is 65.6 Å². The summed E-state index contributed by atoms with van der Waals surface area (Å²) in [6.45, 7) is 11.7. The van der Waals surface area contributed by atoms with Crippen molar-refractivity contribution < 1.29 is 14.4 Å². The second-order valence-electron chi connectivity index (χ2n) is 7.71. The molecule has 0 saturated carbocycles. The van der Waals surface area contributed by atoms with Gasteiger partial charge in [-0.05, 0) is 44.9 Å². The first kappa shape index (κ1) is 23.7. The van der Waals surface area contributed by atoms with Crippen LogP contribution in [0.3, 0.4) is 0 Å². The topological polar surface area (TPSA) is 105 Å². The van der Waals surface area contributed by atoms with E-state index in [4.69, 9.17) is 9.26 Å². The summed E-state index contributed by atoms with van der Waals surface area (Å²) in [6, 6.07) is 7.50. The molecule has 1 unspecified atom stereocenters. The molecule has 166 valence electrons. The van der Waals surface area contributed by atoms with Gasteiger partial charge in [0.25, 0.3) is 0 Å². The molecule has 0 saturated heterocycles. The number of hydrogen-bond acceptors (Lipinski definition) is 6. The third kappa shape index (κ3) is 8.02. The quantitative estimate of drug-likeness (QED) is 0.293. The highest BCUT2D eigenvalue weighted by Gasteiger charge is 2.11. The van der Waals surface area contributed by atoms with Gasteiger partial charge in [-0.2, -0.15) is 4.98 Å². The molecule has 8 heteroatoms. The lowest BCUT2D eigenvalue weighted by atomic mass is 10.1. The summed E-state index contributed by atoms with van der Waals surface area (Å²) < 4.78 is 11.0. The first-order valence-electron chi connectivity index (χ1n) is 10.7. The molecule has 0 bridgehead atoms. The van der Waals surface area contributed by atoms with Crippen LogP contribution in [0, 0.1) is 0 Å². The van der Waals surface area contributed by atoms with Crippen LogP contribution in [0.1, 0.15) is 70.3 Å². The number of nitrogens with zero attached hydrogens (tertiary/aromatic N) is 3. The SMILES string of the molecule is CCNC(=NCC(O)c1cccc(OC(C)C)c1)NCCCc1nc(C(C)C)no1. The number of aromatic nitrogens is 2. The fourth-order valence-electron chi connectivity index (χ4n) is 2.74. The molecule has 0 aliphatic carbocycles. The molecule has 30 heavy (non-hydrogen) atoms. The van der Waals surface area contributed by atoms with Gasteiger partial charge in [0.1, 0.15) is 5.75 Å². The van der Waals surface area contributed by atoms with Crippen molar-refractivity contribution in [3.8, 4) is 5.75 Å². The number of guanidine groups is 1. The molecule has 0 aliphatic rings. The highest BCUT2D eigenvalue weighted by atomic mass is 16.5. The van der Waals surface area contributed by atoms with Crippen molar-refractivity contribution in [3.05, 3.63) is 41.5 Å². The fraction of sp³-hybridized carbons (Fsp3) is 0.591. The van der Waals surface area contributed by atoms with Crippen LogP contribution >= 0.6 is 0 Å². The van der Waals surface area contributed by atoms with E-state index in [0.29, 0.717) is 24.8 Å². The summed E-state index contributed by atoms with van der Waals surface area (Å²) in [5, 5.41) is 21.0. The van der Waals surface area contributed by atoms with Gasteiger partial charge in [0.2, 0.25) is 5.89 Å². The Balaban J connectivity index is 1.84. The predicted octanol–water partition coefficient (Wildman–Crippen LogP) is 3.20. The molecular weight excluding hydrogens is 382 g/mol. The zero-order valence-electron chi connectivity index (χ0n) is 18.7. The smallest absolute Gasteiger partial charge is 0.226 e. The monoisotopic (exact) mass is 417 g/mol. The van der Waals surface area contributed by atoms with Crippen LogP contribution in [-0.2, 0) is 6.42 Å². The molecule has 2 rings (SSSR count). The van der Waals surface area contributed by atoms with Crippen LogP contribution in [0.4, 0.5) is 0 Å². The van der Waals surface area contributed by atoms with Gasteiger partial charge in [-0.3, -0.25) is 4.99 Å². The maximum Gasteiger partial charge on any atom is 0.226 e. The van der Waals surface area contributed by atoms with Crippen molar-refractivity contribution in [1.29, 1.82) is 0 Å². The van der Waals surface area contributed by atoms with Crippen LogP contribution < -0.4 is 15.4 Å².